The molecular formula is C14H20KNO4. The van der Waals surface area contributed by atoms with E-state index in [0.717, 1.165) is 25.7 Å². The Kier molecular flexibility index (Phi) is 7.35. The van der Waals surface area contributed by atoms with Gasteiger partial charge in [0.1, 0.15) is 5.54 Å². The topological polar surface area (TPSA) is 77.5 Å². The van der Waals surface area contributed by atoms with Crippen LogP contribution in [0.15, 0.2) is 0 Å². The first-order valence-corrected chi connectivity index (χ1v) is 7.14. The van der Waals surface area contributed by atoms with Crippen LogP contribution in [0.4, 0.5) is 0 Å². The zero-order valence-electron chi connectivity index (χ0n) is 12.2. The summed E-state index contributed by atoms with van der Waals surface area (Å²) in [5.41, 5.74) is -1.68. The molecule has 0 aromatic rings. The molecule has 0 aromatic heterocycles. The third-order valence-electron chi connectivity index (χ3n) is 4.28. The minimum atomic E-state index is -1.68. The molecule has 0 saturated carbocycles. The maximum atomic E-state index is 12.3. The van der Waals surface area contributed by atoms with E-state index >= 15 is 0 Å². The average Bonchev–Trinajstić information content (AvgIpc) is 2.81. The molecule has 6 heteroatoms. The number of nitrogens with zero attached hydrogens (tertiary/aromatic N) is 1. The number of Topliss-reactive ketones (excluding diaryl/α,β-unsaturated/α-hetero) is 1. The van der Waals surface area contributed by atoms with Crippen LogP contribution in [0.25, 0.3) is 0 Å². The number of aliphatic carboxylic acids is 1. The van der Waals surface area contributed by atoms with Crippen LogP contribution in [0, 0.1) is 0 Å². The molecule has 0 spiro atoms. The van der Waals surface area contributed by atoms with E-state index in [1.807, 2.05) is 0 Å². The van der Waals surface area contributed by atoms with Gasteiger partial charge in [-0.2, -0.15) is 0 Å². The second-order valence-corrected chi connectivity index (χ2v) is 5.49. The number of hydrogen-bond acceptors (Lipinski definition) is 4. The van der Waals surface area contributed by atoms with Crippen LogP contribution in [0.5, 0.6) is 0 Å². The summed E-state index contributed by atoms with van der Waals surface area (Å²) < 4.78 is 0. The molecule has 2 aliphatic rings. The van der Waals surface area contributed by atoms with Crippen molar-refractivity contribution in [2.45, 2.75) is 63.3 Å². The zero-order chi connectivity index (χ0) is 13.9. The molecule has 0 bridgehead atoms. The fraction of sp³-hybridized carbons (Fsp3) is 0.786. The molecule has 0 unspecified atom stereocenters. The zero-order valence-corrected chi connectivity index (χ0v) is 15.3. The van der Waals surface area contributed by atoms with Gasteiger partial charge in [-0.05, 0) is 25.7 Å². The van der Waals surface area contributed by atoms with Crippen LogP contribution in [-0.4, -0.2) is 34.6 Å². The number of carbonyl (C=O) groups is 3. The van der Waals surface area contributed by atoms with Gasteiger partial charge in [-0.25, -0.2) is 0 Å². The number of hydrogen-bond donors (Lipinski definition) is 0. The predicted octanol–water partition coefficient (Wildman–Crippen LogP) is -2.59. The third-order valence-corrected chi connectivity index (χ3v) is 4.28. The summed E-state index contributed by atoms with van der Waals surface area (Å²) in [7, 11) is 0. The van der Waals surface area contributed by atoms with Crippen LogP contribution < -0.4 is 56.5 Å². The van der Waals surface area contributed by atoms with Gasteiger partial charge in [0, 0.05) is 19.4 Å². The van der Waals surface area contributed by atoms with Gasteiger partial charge in [0.25, 0.3) is 0 Å². The molecule has 2 fully saturated rings. The maximum absolute atomic E-state index is 12.3. The van der Waals surface area contributed by atoms with Gasteiger partial charge in [-0.15, -0.1) is 0 Å². The Morgan fingerprint density at radius 1 is 1.00 bits per heavy atom. The smallest absolute Gasteiger partial charge is 0.547 e. The number of ketones is 1. The SMILES string of the molecule is O=C1CCCCCCCC(=O)[C@@]2(C(=O)[O-])CCCN12.[K+]. The quantitative estimate of drug-likeness (QED) is 0.394. The van der Waals surface area contributed by atoms with E-state index in [9.17, 15) is 19.5 Å². The average molecular weight is 305 g/mol. The van der Waals surface area contributed by atoms with Gasteiger partial charge >= 0.3 is 51.4 Å². The summed E-state index contributed by atoms with van der Waals surface area (Å²) in [4.78, 5) is 37.3. The number of rotatable bonds is 1. The first-order valence-electron chi connectivity index (χ1n) is 7.14. The van der Waals surface area contributed by atoms with Gasteiger partial charge in [-0.3, -0.25) is 9.59 Å². The van der Waals surface area contributed by atoms with Crippen molar-refractivity contribution in [3.05, 3.63) is 0 Å². The van der Waals surface area contributed by atoms with Crippen LogP contribution >= 0.6 is 0 Å². The summed E-state index contributed by atoms with van der Waals surface area (Å²) in [6.07, 6.45) is 5.70. The van der Waals surface area contributed by atoms with Crippen molar-refractivity contribution in [2.24, 2.45) is 0 Å². The van der Waals surface area contributed by atoms with Crippen LogP contribution in [0.3, 0.4) is 0 Å². The molecule has 106 valence electrons. The van der Waals surface area contributed by atoms with E-state index in [1.165, 1.54) is 4.90 Å². The fourth-order valence-corrected chi connectivity index (χ4v) is 3.21. The van der Waals surface area contributed by atoms with Crippen molar-refractivity contribution in [3.8, 4) is 0 Å². The molecule has 2 heterocycles. The van der Waals surface area contributed by atoms with Crippen molar-refractivity contribution in [3.63, 3.8) is 0 Å². The summed E-state index contributed by atoms with van der Waals surface area (Å²) >= 11 is 0. The van der Waals surface area contributed by atoms with E-state index in [2.05, 4.69) is 0 Å². The van der Waals surface area contributed by atoms with E-state index in [0.29, 0.717) is 25.8 Å². The number of fused-ring (bicyclic) bond motifs is 1. The third kappa shape index (κ3) is 3.52. The molecule has 2 saturated heterocycles. The molecule has 0 aliphatic carbocycles. The van der Waals surface area contributed by atoms with Gasteiger partial charge in [0.05, 0.1) is 5.97 Å². The second-order valence-electron chi connectivity index (χ2n) is 5.49. The monoisotopic (exact) mass is 305 g/mol. The van der Waals surface area contributed by atoms with Crippen molar-refractivity contribution < 1.29 is 70.9 Å². The summed E-state index contributed by atoms with van der Waals surface area (Å²) in [6.45, 7) is 0.360. The largest absolute Gasteiger partial charge is 1.00 e. The van der Waals surface area contributed by atoms with E-state index < -0.39 is 11.5 Å². The molecule has 5 nitrogen and oxygen atoms in total. The molecule has 2 rings (SSSR count). The van der Waals surface area contributed by atoms with Gasteiger partial charge in [0.2, 0.25) is 5.91 Å². The van der Waals surface area contributed by atoms with E-state index in [4.69, 9.17) is 0 Å². The van der Waals surface area contributed by atoms with E-state index in [1.54, 1.807) is 0 Å². The second kappa shape index (κ2) is 8.03. The molecule has 20 heavy (non-hydrogen) atoms. The summed E-state index contributed by atoms with van der Waals surface area (Å²) in [5.74, 6) is -1.96. The minimum Gasteiger partial charge on any atom is -0.547 e. The number of carboxylic acid groups (broad SMARTS) is 1. The summed E-state index contributed by atoms with van der Waals surface area (Å²) in [5, 5.41) is 11.5. The van der Waals surface area contributed by atoms with Crippen LogP contribution in [0.1, 0.15) is 57.8 Å². The molecule has 0 aromatic carbocycles. The Labute approximate surface area is 161 Å². The molecule has 0 radical (unpaired) electrons. The van der Waals surface area contributed by atoms with Crippen molar-refractivity contribution in [2.75, 3.05) is 6.54 Å². The first-order chi connectivity index (χ1) is 9.09. The molecule has 1 atom stereocenters. The summed E-state index contributed by atoms with van der Waals surface area (Å²) in [6, 6.07) is 0. The van der Waals surface area contributed by atoms with E-state index in [-0.39, 0.29) is 75.9 Å². The number of carbonyl (C=O) groups excluding carboxylic acids is 3. The molecule has 2 aliphatic heterocycles. The first kappa shape index (κ1) is 18.3. The molecule has 0 N–H and O–H groups in total. The Morgan fingerprint density at radius 3 is 2.25 bits per heavy atom. The normalized spacial score (nSPS) is 28.3. The van der Waals surface area contributed by atoms with Crippen LogP contribution in [0.2, 0.25) is 0 Å². The Morgan fingerprint density at radius 2 is 1.60 bits per heavy atom. The van der Waals surface area contributed by atoms with Gasteiger partial charge in [0.15, 0.2) is 5.78 Å². The number of carboxylic acids is 1. The maximum Gasteiger partial charge on any atom is 1.00 e. The van der Waals surface area contributed by atoms with Crippen molar-refractivity contribution in [1.29, 1.82) is 0 Å². The molecular weight excluding hydrogens is 285 g/mol. The fourth-order valence-electron chi connectivity index (χ4n) is 3.21. The van der Waals surface area contributed by atoms with Crippen LogP contribution in [-0.2, 0) is 14.4 Å². The van der Waals surface area contributed by atoms with Crippen molar-refractivity contribution >= 4 is 17.7 Å². The standard InChI is InChI=1S/C14H21NO4.K/c16-11-7-4-2-1-3-5-8-12(17)15-10-6-9-14(11,15)13(18)19;/h1-10H2,(H,18,19);/q;+1/p-1/t14-;/m1./s1. The van der Waals surface area contributed by atoms with Gasteiger partial charge in [-0.1, -0.05) is 19.3 Å². The van der Waals surface area contributed by atoms with Crippen molar-refractivity contribution in [1.82, 2.24) is 4.90 Å². The molecule has 1 amide bonds. The Balaban J connectivity index is 0.00000200. The Hall–Kier alpha value is 0.246. The number of amides is 1. The minimum absolute atomic E-state index is 0. The van der Waals surface area contributed by atoms with Gasteiger partial charge < -0.3 is 14.8 Å². The Bertz CT molecular complexity index is 399. The predicted molar refractivity (Wildman–Crippen MR) is 66.0 cm³/mol.